The van der Waals surface area contributed by atoms with Gasteiger partial charge in [0.2, 0.25) is 0 Å². The Balaban J connectivity index is 1.60. The van der Waals surface area contributed by atoms with E-state index in [2.05, 4.69) is 4.40 Å². The Bertz CT molecular complexity index is 3170. The fraction of sp³-hybridized carbons (Fsp3) is 0. The van der Waals surface area contributed by atoms with Crippen molar-refractivity contribution in [2.75, 3.05) is 0 Å². The van der Waals surface area contributed by atoms with Gasteiger partial charge in [0.1, 0.15) is 0 Å². The summed E-state index contributed by atoms with van der Waals surface area (Å²) in [4.78, 5) is 43.7. The van der Waals surface area contributed by atoms with E-state index >= 15 is 0 Å². The molecule has 0 aliphatic heterocycles. The molecule has 7 nitrogen and oxygen atoms in total. The van der Waals surface area contributed by atoms with E-state index in [4.69, 9.17) is 0 Å². The van der Waals surface area contributed by atoms with Crippen LogP contribution in [-0.2, 0) is 0 Å². The van der Waals surface area contributed by atoms with Crippen molar-refractivity contribution in [3.05, 3.63) is 140 Å². The number of pyridine rings is 3. The highest BCUT2D eigenvalue weighted by atomic mass is 16.1. The Hall–Kier alpha value is -6.47. The Kier molecular flexibility index (Phi) is 3.62. The first kappa shape index (κ1) is 23.0. The second kappa shape index (κ2) is 7.25. The lowest BCUT2D eigenvalue weighted by atomic mass is 9.98. The predicted octanol–water partition coefficient (Wildman–Crippen LogP) is 7.16. The first-order valence-corrected chi connectivity index (χ1v) is 15.3. The van der Waals surface area contributed by atoms with Gasteiger partial charge in [-0.15, -0.1) is 0 Å². The molecule has 0 spiro atoms. The van der Waals surface area contributed by atoms with Crippen molar-refractivity contribution in [3.8, 4) is 0 Å². The van der Waals surface area contributed by atoms with Crippen LogP contribution < -0.4 is 16.7 Å². The molecule has 0 saturated carbocycles. The highest BCUT2D eigenvalue weighted by molar-refractivity contribution is 6.26. The van der Waals surface area contributed by atoms with Gasteiger partial charge in [-0.3, -0.25) is 32.0 Å². The van der Waals surface area contributed by atoms with Crippen LogP contribution in [-0.4, -0.2) is 17.6 Å². The van der Waals surface area contributed by atoms with Gasteiger partial charge in [-0.1, -0.05) is 54.6 Å². The molecule has 12 aromatic rings. The van der Waals surface area contributed by atoms with Crippen LogP contribution in [0.15, 0.2) is 124 Å². The molecule has 0 bridgehead atoms. The van der Waals surface area contributed by atoms with Crippen LogP contribution >= 0.6 is 0 Å². The average molecular weight is 591 g/mol. The first-order chi connectivity index (χ1) is 22.6. The number of hydrogen-bond donors (Lipinski definition) is 0. The minimum absolute atomic E-state index is 0.137. The van der Waals surface area contributed by atoms with Gasteiger partial charge in [-0.2, -0.15) is 0 Å². The molecule has 0 aliphatic rings. The van der Waals surface area contributed by atoms with Crippen LogP contribution in [0.4, 0.5) is 0 Å². The van der Waals surface area contributed by atoms with E-state index < -0.39 is 0 Å². The second-order valence-corrected chi connectivity index (χ2v) is 12.4. The third kappa shape index (κ3) is 2.24. The molecule has 212 valence electrons. The van der Waals surface area contributed by atoms with Crippen molar-refractivity contribution < 1.29 is 0 Å². The van der Waals surface area contributed by atoms with Crippen LogP contribution in [0.5, 0.6) is 0 Å². The van der Waals surface area contributed by atoms with Gasteiger partial charge in [0, 0.05) is 32.3 Å². The topological polar surface area (TPSA) is 68.8 Å². The lowest BCUT2D eigenvalue weighted by Crippen LogP contribution is -2.24. The molecule has 0 radical (unpaired) electrons. The third-order valence-corrected chi connectivity index (χ3v) is 10.4. The van der Waals surface area contributed by atoms with Gasteiger partial charge in [-0.05, 0) is 70.8 Å². The second-order valence-electron chi connectivity index (χ2n) is 12.4. The summed E-state index contributed by atoms with van der Waals surface area (Å²) in [6, 6.07) is 35.2. The molecule has 0 atom stereocenters. The van der Waals surface area contributed by atoms with E-state index in [0.29, 0.717) is 32.7 Å². The number of fused-ring (bicyclic) bond motifs is 9. The minimum atomic E-state index is -0.137. The van der Waals surface area contributed by atoms with Crippen LogP contribution in [0.2, 0.25) is 0 Å². The molecule has 0 fully saturated rings. The normalized spacial score (nSPS) is 13.0. The van der Waals surface area contributed by atoms with E-state index in [1.54, 1.807) is 13.2 Å². The molecule has 7 heteroatoms. The fourth-order valence-electron chi connectivity index (χ4n) is 8.65. The molecule has 6 heterocycles. The zero-order chi connectivity index (χ0) is 30.2. The smallest absolute Gasteiger partial charge is 0.263 e. The van der Waals surface area contributed by atoms with E-state index in [0.717, 1.165) is 65.4 Å². The molecule has 6 aromatic carbocycles. The molecule has 0 amide bonds. The summed E-state index contributed by atoms with van der Waals surface area (Å²) in [7, 11) is 0. The summed E-state index contributed by atoms with van der Waals surface area (Å²) in [5.74, 6) is 0. The molecule has 0 aliphatic carbocycles. The summed E-state index contributed by atoms with van der Waals surface area (Å²) in [5, 5.41) is 7.20. The summed E-state index contributed by atoms with van der Waals surface area (Å²) >= 11 is 0. The highest BCUT2D eigenvalue weighted by Crippen LogP contribution is 2.42. The highest BCUT2D eigenvalue weighted by Gasteiger charge is 2.28. The number of aromatic nitrogens is 4. The molecule has 6 aromatic heterocycles. The van der Waals surface area contributed by atoms with Crippen LogP contribution in [0.1, 0.15) is 0 Å². The van der Waals surface area contributed by atoms with E-state index in [1.165, 1.54) is 0 Å². The maximum atomic E-state index is 14.6. The van der Waals surface area contributed by atoms with Crippen molar-refractivity contribution in [3.63, 3.8) is 0 Å². The Morgan fingerprint density at radius 1 is 0.261 bits per heavy atom. The SMILES string of the molecule is O=c1c2ccccc2c2ccc3c4c2n1c1ccc2c5ccccc5c(=O)n5c6ccc7c8ccccc8c(=O)n3c7c6n4c1c25. The van der Waals surface area contributed by atoms with Crippen molar-refractivity contribution in [2.45, 2.75) is 0 Å². The van der Waals surface area contributed by atoms with Gasteiger partial charge in [0.25, 0.3) is 16.7 Å². The summed E-state index contributed by atoms with van der Waals surface area (Å²) < 4.78 is 7.62. The molecular formula is C39H18N4O3. The summed E-state index contributed by atoms with van der Waals surface area (Å²) in [5.41, 5.74) is 6.27. The molecule has 0 saturated heterocycles. The number of rotatable bonds is 0. The summed E-state index contributed by atoms with van der Waals surface area (Å²) in [6.07, 6.45) is 0. The first-order valence-electron chi connectivity index (χ1n) is 15.3. The summed E-state index contributed by atoms with van der Waals surface area (Å²) in [6.45, 7) is 0. The van der Waals surface area contributed by atoms with Gasteiger partial charge >= 0.3 is 0 Å². The quantitative estimate of drug-likeness (QED) is 0.139. The zero-order valence-electron chi connectivity index (χ0n) is 23.9. The van der Waals surface area contributed by atoms with Crippen LogP contribution in [0.3, 0.4) is 0 Å². The molecule has 0 N–H and O–H groups in total. The van der Waals surface area contributed by atoms with Crippen molar-refractivity contribution >= 4 is 98.1 Å². The van der Waals surface area contributed by atoms with E-state index in [9.17, 15) is 14.4 Å². The third-order valence-electron chi connectivity index (χ3n) is 10.4. The number of hydrogen-bond acceptors (Lipinski definition) is 3. The van der Waals surface area contributed by atoms with Gasteiger partial charge in [0.15, 0.2) is 0 Å². The lowest BCUT2D eigenvalue weighted by Gasteiger charge is -2.26. The lowest BCUT2D eigenvalue weighted by molar-refractivity contribution is 1.09. The Morgan fingerprint density at radius 2 is 0.543 bits per heavy atom. The average Bonchev–Trinajstić information content (AvgIpc) is 3.10. The monoisotopic (exact) mass is 590 g/mol. The number of nitrogens with zero attached hydrogens (tertiary/aromatic N) is 4. The largest absolute Gasteiger partial charge is 0.299 e. The Labute approximate surface area is 255 Å². The van der Waals surface area contributed by atoms with Gasteiger partial charge in [0.05, 0.1) is 49.7 Å². The van der Waals surface area contributed by atoms with Gasteiger partial charge in [-0.25, -0.2) is 0 Å². The number of benzene rings is 6. The minimum Gasteiger partial charge on any atom is -0.299 e. The van der Waals surface area contributed by atoms with Crippen molar-refractivity contribution in [1.29, 1.82) is 0 Å². The maximum absolute atomic E-state index is 14.6. The Morgan fingerprint density at radius 3 is 0.848 bits per heavy atom. The maximum Gasteiger partial charge on any atom is 0.263 e. The molecule has 0 unspecified atom stereocenters. The standard InChI is InChI=1S/C39H18N4O3/c44-37-25-10-4-1-7-19(25)22-13-16-28-34-31(22)40(37)29-17-14-23-20-8-3-6-12-27(20)39(46)42-30-18-15-24-21-9-2-5-11-26(21)38(45)41(28)33(24)36(30)43(34)35(29)32(23)42/h1-18H. The predicted molar refractivity (Wildman–Crippen MR) is 185 cm³/mol. The molecule has 12 rings (SSSR count). The van der Waals surface area contributed by atoms with Crippen LogP contribution in [0.25, 0.3) is 98.1 Å². The zero-order valence-corrected chi connectivity index (χ0v) is 23.9. The van der Waals surface area contributed by atoms with Crippen LogP contribution in [0, 0.1) is 0 Å². The van der Waals surface area contributed by atoms with E-state index in [1.807, 2.05) is 109 Å². The van der Waals surface area contributed by atoms with Gasteiger partial charge < -0.3 is 0 Å². The molecular weight excluding hydrogens is 572 g/mol. The fourth-order valence-corrected chi connectivity index (χ4v) is 8.65. The van der Waals surface area contributed by atoms with Crippen molar-refractivity contribution in [1.82, 2.24) is 17.6 Å². The van der Waals surface area contributed by atoms with Crippen molar-refractivity contribution in [2.24, 2.45) is 0 Å². The molecule has 46 heavy (non-hydrogen) atoms. The van der Waals surface area contributed by atoms with E-state index in [-0.39, 0.29) is 16.7 Å².